The van der Waals surface area contributed by atoms with Crippen molar-refractivity contribution >= 4 is 23.2 Å². The molecule has 1 aliphatic rings. The fourth-order valence-electron chi connectivity index (χ4n) is 2.84. The van der Waals surface area contributed by atoms with E-state index in [1.807, 2.05) is 25.2 Å². The first kappa shape index (κ1) is 14.1. The highest BCUT2D eigenvalue weighted by Crippen LogP contribution is 2.34. The van der Waals surface area contributed by atoms with Crippen LogP contribution in [0.4, 0.5) is 0 Å². The van der Waals surface area contributed by atoms with E-state index in [1.165, 1.54) is 12.8 Å². The Labute approximate surface area is 119 Å². The van der Waals surface area contributed by atoms with Crippen molar-refractivity contribution in [2.24, 2.45) is 0 Å². The third-order valence-corrected chi connectivity index (χ3v) is 4.35. The molecule has 0 aliphatic carbocycles. The second kappa shape index (κ2) is 6.25. The minimum absolute atomic E-state index is 0.317. The Bertz CT molecular complexity index is 409. The zero-order valence-electron chi connectivity index (χ0n) is 10.9. The molecule has 1 heterocycles. The number of benzene rings is 1. The molecular weight excluding hydrogens is 267 g/mol. The topological polar surface area (TPSA) is 15.3 Å². The minimum atomic E-state index is 0.317. The average Bonchev–Trinajstić information content (AvgIpc) is 2.80. The molecule has 2 unspecified atom stereocenters. The van der Waals surface area contributed by atoms with Crippen molar-refractivity contribution in [1.82, 2.24) is 10.2 Å². The number of hydrogen-bond donors (Lipinski definition) is 1. The monoisotopic (exact) mass is 286 g/mol. The van der Waals surface area contributed by atoms with E-state index in [0.29, 0.717) is 12.1 Å². The zero-order valence-corrected chi connectivity index (χ0v) is 12.4. The Morgan fingerprint density at radius 1 is 1.44 bits per heavy atom. The van der Waals surface area contributed by atoms with Gasteiger partial charge in [-0.15, -0.1) is 0 Å². The number of nitrogens with zero attached hydrogens (tertiary/aromatic N) is 1. The van der Waals surface area contributed by atoms with Gasteiger partial charge in [0.2, 0.25) is 0 Å². The van der Waals surface area contributed by atoms with E-state index < -0.39 is 0 Å². The van der Waals surface area contributed by atoms with Crippen molar-refractivity contribution in [1.29, 1.82) is 0 Å². The molecule has 1 aromatic rings. The summed E-state index contributed by atoms with van der Waals surface area (Å²) in [4.78, 5) is 2.52. The maximum Gasteiger partial charge on any atom is 0.0454 e. The molecule has 100 valence electrons. The molecule has 4 heteroatoms. The van der Waals surface area contributed by atoms with Crippen LogP contribution >= 0.6 is 23.2 Å². The van der Waals surface area contributed by atoms with Crippen molar-refractivity contribution in [3.8, 4) is 0 Å². The third-order valence-electron chi connectivity index (χ3n) is 3.77. The van der Waals surface area contributed by atoms with E-state index in [-0.39, 0.29) is 0 Å². The van der Waals surface area contributed by atoms with Crippen molar-refractivity contribution in [3.63, 3.8) is 0 Å². The Morgan fingerprint density at radius 3 is 2.94 bits per heavy atom. The van der Waals surface area contributed by atoms with Gasteiger partial charge in [0.05, 0.1) is 0 Å². The lowest BCUT2D eigenvalue weighted by Crippen LogP contribution is -2.38. The van der Waals surface area contributed by atoms with Gasteiger partial charge in [-0.1, -0.05) is 23.2 Å². The molecule has 1 aliphatic heterocycles. The zero-order chi connectivity index (χ0) is 13.1. The number of halogens is 2. The SMILES string of the molecule is CNCC1CCCN1C(C)c1cc(Cl)ccc1Cl. The van der Waals surface area contributed by atoms with E-state index in [9.17, 15) is 0 Å². The molecule has 0 spiro atoms. The molecule has 0 bridgehead atoms. The highest BCUT2D eigenvalue weighted by molar-refractivity contribution is 6.33. The van der Waals surface area contributed by atoms with Crippen LogP contribution in [-0.2, 0) is 0 Å². The summed E-state index contributed by atoms with van der Waals surface area (Å²) in [6.07, 6.45) is 2.51. The average molecular weight is 287 g/mol. The molecule has 1 N–H and O–H groups in total. The van der Waals surface area contributed by atoms with Crippen molar-refractivity contribution in [3.05, 3.63) is 33.8 Å². The standard InChI is InChI=1S/C14H20Cl2N2/c1-10(13-8-11(15)5-6-14(13)16)18-7-3-4-12(18)9-17-2/h5-6,8,10,12,17H,3-4,7,9H2,1-2H3. The fraction of sp³-hybridized carbons (Fsp3) is 0.571. The van der Waals surface area contributed by atoms with Crippen LogP contribution in [0.25, 0.3) is 0 Å². The molecule has 1 aromatic carbocycles. The first-order valence-electron chi connectivity index (χ1n) is 6.48. The predicted molar refractivity (Wildman–Crippen MR) is 78.5 cm³/mol. The predicted octanol–water partition coefficient (Wildman–Crippen LogP) is 3.74. The smallest absolute Gasteiger partial charge is 0.0454 e. The van der Waals surface area contributed by atoms with E-state index in [2.05, 4.69) is 17.1 Å². The highest BCUT2D eigenvalue weighted by atomic mass is 35.5. The van der Waals surface area contributed by atoms with Crippen molar-refractivity contribution < 1.29 is 0 Å². The summed E-state index contributed by atoms with van der Waals surface area (Å²) in [6, 6.07) is 6.63. The number of likely N-dealkylation sites (tertiary alicyclic amines) is 1. The first-order chi connectivity index (χ1) is 8.63. The Balaban J connectivity index is 2.19. The van der Waals surface area contributed by atoms with E-state index in [0.717, 1.165) is 28.7 Å². The van der Waals surface area contributed by atoms with Gasteiger partial charge in [0.1, 0.15) is 0 Å². The second-order valence-corrected chi connectivity index (χ2v) is 5.78. The fourth-order valence-corrected chi connectivity index (χ4v) is 3.29. The number of nitrogens with one attached hydrogen (secondary N) is 1. The van der Waals surface area contributed by atoms with Crippen molar-refractivity contribution in [2.75, 3.05) is 20.1 Å². The summed E-state index contributed by atoms with van der Waals surface area (Å²) >= 11 is 12.4. The van der Waals surface area contributed by atoms with Crippen LogP contribution in [0.5, 0.6) is 0 Å². The van der Waals surface area contributed by atoms with Crippen LogP contribution in [0.15, 0.2) is 18.2 Å². The van der Waals surface area contributed by atoms with Gasteiger partial charge in [0.25, 0.3) is 0 Å². The first-order valence-corrected chi connectivity index (χ1v) is 7.24. The largest absolute Gasteiger partial charge is 0.318 e. The molecule has 2 nitrogen and oxygen atoms in total. The van der Waals surface area contributed by atoms with Gasteiger partial charge < -0.3 is 5.32 Å². The van der Waals surface area contributed by atoms with Crippen LogP contribution in [0.2, 0.25) is 10.0 Å². The number of hydrogen-bond acceptors (Lipinski definition) is 2. The van der Waals surface area contributed by atoms with Gasteiger partial charge in [0.15, 0.2) is 0 Å². The van der Waals surface area contributed by atoms with Crippen LogP contribution in [0.1, 0.15) is 31.4 Å². The molecule has 0 saturated carbocycles. The van der Waals surface area contributed by atoms with Crippen LogP contribution in [-0.4, -0.2) is 31.1 Å². The van der Waals surface area contributed by atoms with Crippen LogP contribution < -0.4 is 5.32 Å². The second-order valence-electron chi connectivity index (χ2n) is 4.93. The van der Waals surface area contributed by atoms with Crippen LogP contribution in [0, 0.1) is 0 Å². The molecule has 2 atom stereocenters. The maximum absolute atomic E-state index is 6.29. The molecule has 0 aromatic heterocycles. The molecular formula is C14H20Cl2N2. The lowest BCUT2D eigenvalue weighted by atomic mass is 10.1. The molecule has 2 rings (SSSR count). The van der Waals surface area contributed by atoms with Gasteiger partial charge >= 0.3 is 0 Å². The lowest BCUT2D eigenvalue weighted by molar-refractivity contribution is 0.191. The number of rotatable bonds is 4. The van der Waals surface area contributed by atoms with Gasteiger partial charge in [-0.3, -0.25) is 4.90 Å². The van der Waals surface area contributed by atoms with Gasteiger partial charge in [-0.25, -0.2) is 0 Å². The Hall–Kier alpha value is -0.280. The quantitative estimate of drug-likeness (QED) is 0.907. The molecule has 0 radical (unpaired) electrons. The summed E-state index contributed by atoms with van der Waals surface area (Å²) < 4.78 is 0. The molecule has 1 saturated heterocycles. The normalized spacial score (nSPS) is 22.3. The Morgan fingerprint density at radius 2 is 2.22 bits per heavy atom. The lowest BCUT2D eigenvalue weighted by Gasteiger charge is -2.31. The van der Waals surface area contributed by atoms with E-state index >= 15 is 0 Å². The molecule has 0 amide bonds. The van der Waals surface area contributed by atoms with E-state index in [4.69, 9.17) is 23.2 Å². The number of likely N-dealkylation sites (N-methyl/N-ethyl adjacent to an activating group) is 1. The Kier molecular flexibility index (Phi) is 4.91. The summed E-state index contributed by atoms with van der Waals surface area (Å²) in [6.45, 7) is 4.38. The highest BCUT2D eigenvalue weighted by Gasteiger charge is 2.29. The van der Waals surface area contributed by atoms with Gasteiger partial charge in [0, 0.05) is 28.7 Å². The van der Waals surface area contributed by atoms with Gasteiger partial charge in [-0.2, -0.15) is 0 Å². The summed E-state index contributed by atoms with van der Waals surface area (Å²) in [5.41, 5.74) is 1.13. The molecule has 1 fully saturated rings. The minimum Gasteiger partial charge on any atom is -0.318 e. The van der Waals surface area contributed by atoms with E-state index in [1.54, 1.807) is 0 Å². The van der Waals surface area contributed by atoms with Gasteiger partial charge in [-0.05, 0) is 57.1 Å². The summed E-state index contributed by atoms with van der Waals surface area (Å²) in [7, 11) is 2.01. The maximum atomic E-state index is 6.29. The third kappa shape index (κ3) is 3.00. The van der Waals surface area contributed by atoms with Crippen LogP contribution in [0.3, 0.4) is 0 Å². The molecule has 18 heavy (non-hydrogen) atoms. The summed E-state index contributed by atoms with van der Waals surface area (Å²) in [5.74, 6) is 0. The summed E-state index contributed by atoms with van der Waals surface area (Å²) in [5, 5.41) is 4.83. The van der Waals surface area contributed by atoms with Crippen molar-refractivity contribution in [2.45, 2.75) is 31.8 Å².